The maximum atomic E-state index is 12.0. The molecular weight excluding hydrogens is 204 g/mol. The van der Waals surface area contributed by atoms with Crippen LogP contribution in [0.1, 0.15) is 33.6 Å². The van der Waals surface area contributed by atoms with Gasteiger partial charge >= 0.3 is 5.97 Å². The molecule has 2 fully saturated rings. The van der Waals surface area contributed by atoms with Crippen molar-refractivity contribution in [3.63, 3.8) is 0 Å². The molecule has 0 saturated heterocycles. The van der Waals surface area contributed by atoms with E-state index in [9.17, 15) is 9.59 Å². The van der Waals surface area contributed by atoms with E-state index in [2.05, 4.69) is 20.4 Å². The van der Waals surface area contributed by atoms with Crippen LogP contribution in [0.5, 0.6) is 0 Å². The van der Waals surface area contributed by atoms with E-state index in [1.807, 2.05) is 6.92 Å². The Balaban J connectivity index is 2.30. The summed E-state index contributed by atoms with van der Waals surface area (Å²) in [5.74, 6) is 0.144. The van der Waals surface area contributed by atoms with E-state index in [1.54, 1.807) is 0 Å². The van der Waals surface area contributed by atoms with E-state index in [-0.39, 0.29) is 17.3 Å². The maximum absolute atomic E-state index is 12.0. The molecule has 0 spiro atoms. The van der Waals surface area contributed by atoms with Crippen molar-refractivity contribution in [3.05, 3.63) is 12.7 Å². The van der Waals surface area contributed by atoms with Crippen molar-refractivity contribution in [2.24, 2.45) is 16.7 Å². The van der Waals surface area contributed by atoms with Gasteiger partial charge in [0.25, 0.3) is 0 Å². The number of carbonyl (C=O) groups is 2. The molecule has 0 aromatic rings. The number of ketones is 1. The molecule has 2 aliphatic carbocycles. The number of ether oxygens (including phenoxy) is 1. The number of carbonyl (C=O) groups excluding carboxylic acids is 2. The zero-order chi connectivity index (χ0) is 12.1. The zero-order valence-electron chi connectivity index (χ0n) is 10.1. The first-order valence-corrected chi connectivity index (χ1v) is 5.70. The van der Waals surface area contributed by atoms with Gasteiger partial charge in [0.2, 0.25) is 0 Å². The van der Waals surface area contributed by atoms with Gasteiger partial charge in [-0.25, -0.2) is 4.79 Å². The first-order valence-electron chi connectivity index (χ1n) is 5.70. The molecule has 3 heteroatoms. The molecule has 2 aliphatic rings. The van der Waals surface area contributed by atoms with Gasteiger partial charge in [-0.15, -0.1) is 0 Å². The molecular formula is C13H18O3. The van der Waals surface area contributed by atoms with Gasteiger partial charge in [-0.1, -0.05) is 20.4 Å². The van der Waals surface area contributed by atoms with Crippen LogP contribution in [0.3, 0.4) is 0 Å². The highest BCUT2D eigenvalue weighted by Crippen LogP contribution is 2.64. The lowest BCUT2D eigenvalue weighted by atomic mass is 9.69. The van der Waals surface area contributed by atoms with E-state index in [0.29, 0.717) is 12.3 Å². The summed E-state index contributed by atoms with van der Waals surface area (Å²) >= 11 is 0. The molecule has 0 heterocycles. The smallest absolute Gasteiger partial charge is 0.330 e. The number of rotatable bonds is 2. The van der Waals surface area contributed by atoms with Crippen LogP contribution in [0.4, 0.5) is 0 Å². The highest BCUT2D eigenvalue weighted by molar-refractivity contribution is 5.91. The van der Waals surface area contributed by atoms with Crippen molar-refractivity contribution in [3.8, 4) is 0 Å². The summed E-state index contributed by atoms with van der Waals surface area (Å²) in [6.07, 6.45) is 2.31. The van der Waals surface area contributed by atoms with Gasteiger partial charge in [-0.3, -0.25) is 4.79 Å². The lowest BCUT2D eigenvalue weighted by molar-refractivity contribution is -0.155. The second-order valence-electron chi connectivity index (χ2n) is 5.61. The predicted molar refractivity (Wildman–Crippen MR) is 59.7 cm³/mol. The van der Waals surface area contributed by atoms with E-state index in [1.165, 1.54) is 0 Å². The minimum atomic E-state index is -0.518. The number of fused-ring (bicyclic) bond motifs is 2. The number of esters is 1. The lowest BCUT2D eigenvalue weighted by Crippen LogP contribution is -2.43. The Morgan fingerprint density at radius 2 is 2.12 bits per heavy atom. The Kier molecular flexibility index (Phi) is 2.26. The summed E-state index contributed by atoms with van der Waals surface area (Å²) in [5.41, 5.74) is -0.591. The Morgan fingerprint density at radius 1 is 1.50 bits per heavy atom. The summed E-state index contributed by atoms with van der Waals surface area (Å²) in [7, 11) is 0. The molecule has 2 rings (SSSR count). The molecule has 3 unspecified atom stereocenters. The van der Waals surface area contributed by atoms with Crippen molar-refractivity contribution in [1.29, 1.82) is 0 Å². The normalized spacial score (nSPS) is 39.8. The van der Waals surface area contributed by atoms with Gasteiger partial charge in [0.05, 0.1) is 5.41 Å². The highest BCUT2D eigenvalue weighted by atomic mass is 16.5. The van der Waals surface area contributed by atoms with Crippen LogP contribution < -0.4 is 0 Å². The monoisotopic (exact) mass is 222 g/mol. The summed E-state index contributed by atoms with van der Waals surface area (Å²) < 4.78 is 5.33. The molecule has 0 radical (unpaired) electrons. The lowest BCUT2D eigenvalue weighted by Gasteiger charge is -2.36. The van der Waals surface area contributed by atoms with Crippen LogP contribution in [-0.2, 0) is 14.3 Å². The largest absolute Gasteiger partial charge is 0.458 e. The molecule has 0 aromatic heterocycles. The van der Waals surface area contributed by atoms with Crippen LogP contribution in [0.25, 0.3) is 0 Å². The predicted octanol–water partition coefficient (Wildman–Crippen LogP) is 2.11. The standard InChI is InChI=1S/C13H18O3/c1-5-11(15)16-10-7-8-6-9(14)13(10,4)12(8,2)3/h5,8,10H,1,6-7H2,2-4H3. The molecule has 16 heavy (non-hydrogen) atoms. The Morgan fingerprint density at radius 3 is 2.56 bits per heavy atom. The van der Waals surface area contributed by atoms with Crippen molar-refractivity contribution < 1.29 is 14.3 Å². The van der Waals surface area contributed by atoms with Crippen LogP contribution in [0.2, 0.25) is 0 Å². The SMILES string of the molecule is C=CC(=O)OC1CC2CC(=O)C1(C)C2(C)C. The molecule has 0 aliphatic heterocycles. The van der Waals surface area contributed by atoms with E-state index in [0.717, 1.165) is 12.5 Å². The first-order chi connectivity index (χ1) is 7.34. The van der Waals surface area contributed by atoms with Gasteiger partial charge in [-0.05, 0) is 24.7 Å². The van der Waals surface area contributed by atoms with Crippen LogP contribution in [0.15, 0.2) is 12.7 Å². The van der Waals surface area contributed by atoms with Gasteiger partial charge in [0.1, 0.15) is 11.9 Å². The molecule has 88 valence electrons. The topological polar surface area (TPSA) is 43.4 Å². The Labute approximate surface area is 95.9 Å². The summed E-state index contributed by atoms with van der Waals surface area (Å²) in [6, 6.07) is 0. The van der Waals surface area contributed by atoms with Crippen molar-refractivity contribution in [2.45, 2.75) is 39.7 Å². The van der Waals surface area contributed by atoms with E-state index < -0.39 is 11.4 Å². The zero-order valence-corrected chi connectivity index (χ0v) is 10.1. The summed E-state index contributed by atoms with van der Waals surface area (Å²) in [5, 5.41) is 0. The molecule has 0 aromatic carbocycles. The molecule has 3 atom stereocenters. The average Bonchev–Trinajstić information content (AvgIpc) is 2.49. The van der Waals surface area contributed by atoms with Crippen molar-refractivity contribution in [2.75, 3.05) is 0 Å². The van der Waals surface area contributed by atoms with Crippen LogP contribution in [0, 0.1) is 16.7 Å². The third-order valence-electron chi connectivity index (χ3n) is 4.94. The number of hydrogen-bond acceptors (Lipinski definition) is 3. The van der Waals surface area contributed by atoms with Gasteiger partial charge in [0.15, 0.2) is 0 Å². The average molecular weight is 222 g/mol. The molecule has 3 nitrogen and oxygen atoms in total. The fourth-order valence-corrected chi connectivity index (χ4v) is 3.30. The number of hydrogen-bond donors (Lipinski definition) is 0. The quantitative estimate of drug-likeness (QED) is 0.531. The van der Waals surface area contributed by atoms with Crippen molar-refractivity contribution in [1.82, 2.24) is 0 Å². The molecule has 0 amide bonds. The molecule has 2 bridgehead atoms. The van der Waals surface area contributed by atoms with Gasteiger partial charge in [-0.2, -0.15) is 0 Å². The minimum absolute atomic E-state index is 0.0732. The van der Waals surface area contributed by atoms with Crippen LogP contribution >= 0.6 is 0 Å². The van der Waals surface area contributed by atoms with Crippen molar-refractivity contribution >= 4 is 11.8 Å². The highest BCUT2D eigenvalue weighted by Gasteiger charge is 2.67. The minimum Gasteiger partial charge on any atom is -0.458 e. The fraction of sp³-hybridized carbons (Fsp3) is 0.692. The summed E-state index contributed by atoms with van der Waals surface area (Å²) in [6.45, 7) is 9.52. The summed E-state index contributed by atoms with van der Waals surface area (Å²) in [4.78, 5) is 23.3. The Hall–Kier alpha value is -1.12. The van der Waals surface area contributed by atoms with Gasteiger partial charge in [0, 0.05) is 12.5 Å². The molecule has 2 saturated carbocycles. The second kappa shape index (κ2) is 3.19. The number of Topliss-reactive ketones (excluding diaryl/α,β-unsaturated/α-hetero) is 1. The molecule has 0 N–H and O–H groups in total. The van der Waals surface area contributed by atoms with E-state index >= 15 is 0 Å². The van der Waals surface area contributed by atoms with Crippen LogP contribution in [-0.4, -0.2) is 17.9 Å². The van der Waals surface area contributed by atoms with Gasteiger partial charge < -0.3 is 4.74 Å². The third-order valence-corrected chi connectivity index (χ3v) is 4.94. The first kappa shape index (κ1) is 11.4. The Bertz CT molecular complexity index is 369. The maximum Gasteiger partial charge on any atom is 0.330 e. The fourth-order valence-electron chi connectivity index (χ4n) is 3.30. The van der Waals surface area contributed by atoms with E-state index in [4.69, 9.17) is 4.74 Å². The third kappa shape index (κ3) is 1.14. The second-order valence-corrected chi connectivity index (χ2v) is 5.61.